The molecule has 0 amide bonds. The lowest BCUT2D eigenvalue weighted by molar-refractivity contribution is 0.628. The minimum absolute atomic E-state index is 0.223. The zero-order valence-electron chi connectivity index (χ0n) is 12.4. The van der Waals surface area contributed by atoms with E-state index in [4.69, 9.17) is 11.6 Å². The summed E-state index contributed by atoms with van der Waals surface area (Å²) in [6, 6.07) is 12.4. The Morgan fingerprint density at radius 3 is 2.43 bits per heavy atom. The number of benzene rings is 2. The van der Waals surface area contributed by atoms with Crippen molar-refractivity contribution in [3.63, 3.8) is 0 Å². The second-order valence-electron chi connectivity index (χ2n) is 4.77. The Morgan fingerprint density at radius 2 is 1.81 bits per heavy atom. The first-order valence-electron chi connectivity index (χ1n) is 7.18. The third-order valence-electron chi connectivity index (χ3n) is 3.35. The largest absolute Gasteiger partial charge is 0.342 e. The van der Waals surface area contributed by atoms with E-state index >= 15 is 0 Å². The summed E-state index contributed by atoms with van der Waals surface area (Å²) in [6.07, 6.45) is 0. The summed E-state index contributed by atoms with van der Waals surface area (Å²) in [7, 11) is 0. The zero-order valence-corrected chi connectivity index (χ0v) is 13.1. The summed E-state index contributed by atoms with van der Waals surface area (Å²) in [5.41, 5.74) is 3.20. The fraction of sp³-hybridized carbons (Fsp3) is 0.294. The first-order valence-corrected chi connectivity index (χ1v) is 7.55. The molecule has 21 heavy (non-hydrogen) atoms. The Balaban J connectivity index is 2.39. The molecular formula is C17H20ClFN2. The molecule has 2 nitrogen and oxygen atoms in total. The molecular weight excluding hydrogens is 287 g/mol. The number of halogens is 2. The highest BCUT2D eigenvalue weighted by Crippen LogP contribution is 2.30. The summed E-state index contributed by atoms with van der Waals surface area (Å²) in [5.74, 6) is -0.223. The smallest absolute Gasteiger partial charge is 0.123 e. The van der Waals surface area contributed by atoms with Gasteiger partial charge in [-0.1, -0.05) is 18.5 Å². The monoisotopic (exact) mass is 306 g/mol. The van der Waals surface area contributed by atoms with E-state index in [1.807, 2.05) is 18.2 Å². The lowest BCUT2D eigenvalue weighted by atomic mass is 10.1. The highest BCUT2D eigenvalue weighted by molar-refractivity contribution is 6.30. The van der Waals surface area contributed by atoms with Crippen LogP contribution in [0.3, 0.4) is 0 Å². The van der Waals surface area contributed by atoms with Crippen molar-refractivity contribution in [3.8, 4) is 0 Å². The summed E-state index contributed by atoms with van der Waals surface area (Å²) in [6.45, 7) is 6.60. The first kappa shape index (κ1) is 15.8. The topological polar surface area (TPSA) is 15.3 Å². The fourth-order valence-electron chi connectivity index (χ4n) is 2.33. The molecule has 2 rings (SSSR count). The molecule has 0 radical (unpaired) electrons. The molecule has 2 aromatic rings. The highest BCUT2D eigenvalue weighted by atomic mass is 35.5. The van der Waals surface area contributed by atoms with Crippen LogP contribution in [-0.4, -0.2) is 13.1 Å². The molecule has 0 aliphatic carbocycles. The molecule has 0 saturated heterocycles. The van der Waals surface area contributed by atoms with E-state index in [9.17, 15) is 4.39 Å². The maximum atomic E-state index is 13.1. The van der Waals surface area contributed by atoms with Crippen LogP contribution >= 0.6 is 11.6 Å². The number of nitrogens with one attached hydrogen (secondary N) is 1. The van der Waals surface area contributed by atoms with Gasteiger partial charge in [-0.05, 0) is 61.5 Å². The predicted molar refractivity (Wildman–Crippen MR) is 87.9 cm³/mol. The molecule has 1 N–H and O–H groups in total. The van der Waals surface area contributed by atoms with E-state index < -0.39 is 0 Å². The van der Waals surface area contributed by atoms with Crippen molar-refractivity contribution < 1.29 is 4.39 Å². The van der Waals surface area contributed by atoms with Gasteiger partial charge in [0.1, 0.15) is 5.82 Å². The van der Waals surface area contributed by atoms with E-state index in [-0.39, 0.29) is 5.82 Å². The fourth-order valence-corrected chi connectivity index (χ4v) is 2.53. The molecule has 4 heteroatoms. The van der Waals surface area contributed by atoms with Crippen molar-refractivity contribution in [3.05, 3.63) is 58.9 Å². The lowest BCUT2D eigenvalue weighted by Crippen LogP contribution is -2.20. The minimum Gasteiger partial charge on any atom is -0.342 e. The van der Waals surface area contributed by atoms with Crippen LogP contribution in [0.25, 0.3) is 0 Å². The molecule has 0 atom stereocenters. The molecule has 0 spiro atoms. The number of hydrogen-bond donors (Lipinski definition) is 1. The molecule has 112 valence electrons. The minimum atomic E-state index is -0.223. The number of hydrogen-bond acceptors (Lipinski definition) is 2. The Bertz CT molecular complexity index is 584. The average Bonchev–Trinajstić information content (AvgIpc) is 2.49. The number of nitrogens with zero attached hydrogens (tertiary/aromatic N) is 1. The van der Waals surface area contributed by atoms with Crippen LogP contribution in [0.15, 0.2) is 42.5 Å². The average molecular weight is 307 g/mol. The normalized spacial score (nSPS) is 10.7. The van der Waals surface area contributed by atoms with Gasteiger partial charge in [0.05, 0.1) is 0 Å². The lowest BCUT2D eigenvalue weighted by Gasteiger charge is -2.26. The van der Waals surface area contributed by atoms with Gasteiger partial charge >= 0.3 is 0 Å². The van der Waals surface area contributed by atoms with E-state index in [0.29, 0.717) is 0 Å². The Hall–Kier alpha value is -1.58. The predicted octanol–water partition coefficient (Wildman–Crippen LogP) is 4.75. The molecule has 0 aliphatic heterocycles. The van der Waals surface area contributed by atoms with Crippen molar-refractivity contribution in [1.29, 1.82) is 0 Å². The summed E-state index contributed by atoms with van der Waals surface area (Å²) in [4.78, 5) is 2.16. The molecule has 0 aliphatic rings. The second-order valence-corrected chi connectivity index (χ2v) is 5.21. The number of rotatable bonds is 6. The quantitative estimate of drug-likeness (QED) is 0.828. The van der Waals surface area contributed by atoms with Gasteiger partial charge in [0.15, 0.2) is 0 Å². The SMILES string of the molecule is CCNCc1cc(Cl)ccc1N(CC)c1ccc(F)cc1. The van der Waals surface area contributed by atoms with Crippen LogP contribution < -0.4 is 10.2 Å². The van der Waals surface area contributed by atoms with Gasteiger partial charge in [-0.3, -0.25) is 0 Å². The van der Waals surface area contributed by atoms with Gasteiger partial charge in [-0.2, -0.15) is 0 Å². The van der Waals surface area contributed by atoms with Crippen LogP contribution in [0.5, 0.6) is 0 Å². The van der Waals surface area contributed by atoms with Gasteiger partial charge in [-0.15, -0.1) is 0 Å². The van der Waals surface area contributed by atoms with Crippen molar-refractivity contribution in [2.45, 2.75) is 20.4 Å². The standard InChI is InChI=1S/C17H20ClFN2/c1-3-20-12-13-11-14(18)5-10-17(13)21(4-2)16-8-6-15(19)7-9-16/h5-11,20H,3-4,12H2,1-2H3. The Morgan fingerprint density at radius 1 is 1.10 bits per heavy atom. The van der Waals surface area contributed by atoms with Crippen molar-refractivity contribution in [2.24, 2.45) is 0 Å². The molecule has 0 bridgehead atoms. The second kappa shape index (κ2) is 7.43. The first-order chi connectivity index (χ1) is 10.2. The third kappa shape index (κ3) is 3.96. The summed E-state index contributed by atoms with van der Waals surface area (Å²) < 4.78 is 13.1. The van der Waals surface area contributed by atoms with Crippen molar-refractivity contribution >= 4 is 23.0 Å². The highest BCUT2D eigenvalue weighted by Gasteiger charge is 2.12. The van der Waals surface area contributed by atoms with Crippen LogP contribution in [0.2, 0.25) is 5.02 Å². The molecule has 2 aromatic carbocycles. The Kier molecular flexibility index (Phi) is 5.59. The maximum absolute atomic E-state index is 13.1. The Labute approximate surface area is 130 Å². The summed E-state index contributed by atoms with van der Waals surface area (Å²) >= 11 is 6.11. The molecule has 0 aromatic heterocycles. The van der Waals surface area contributed by atoms with E-state index in [0.717, 1.165) is 41.6 Å². The van der Waals surface area contributed by atoms with Crippen molar-refractivity contribution in [1.82, 2.24) is 5.32 Å². The van der Waals surface area contributed by atoms with Gasteiger partial charge in [-0.25, -0.2) is 4.39 Å². The van der Waals surface area contributed by atoms with Crippen LogP contribution in [0, 0.1) is 5.82 Å². The maximum Gasteiger partial charge on any atom is 0.123 e. The van der Waals surface area contributed by atoms with Crippen LogP contribution in [0.1, 0.15) is 19.4 Å². The van der Waals surface area contributed by atoms with Crippen LogP contribution in [-0.2, 0) is 6.54 Å². The molecule has 0 fully saturated rings. The van der Waals surface area contributed by atoms with Gasteiger partial charge in [0.2, 0.25) is 0 Å². The van der Waals surface area contributed by atoms with Gasteiger partial charge in [0, 0.05) is 29.5 Å². The molecule has 0 saturated carbocycles. The van der Waals surface area contributed by atoms with E-state index in [2.05, 4.69) is 24.1 Å². The number of anilines is 2. The summed E-state index contributed by atoms with van der Waals surface area (Å²) in [5, 5.41) is 4.05. The molecule has 0 heterocycles. The van der Waals surface area contributed by atoms with E-state index in [1.54, 1.807) is 12.1 Å². The van der Waals surface area contributed by atoms with Crippen molar-refractivity contribution in [2.75, 3.05) is 18.0 Å². The molecule has 0 unspecified atom stereocenters. The zero-order chi connectivity index (χ0) is 15.2. The van der Waals surface area contributed by atoms with E-state index in [1.165, 1.54) is 12.1 Å². The third-order valence-corrected chi connectivity index (χ3v) is 3.59. The van der Waals surface area contributed by atoms with Gasteiger partial charge < -0.3 is 10.2 Å². The van der Waals surface area contributed by atoms with Crippen LogP contribution in [0.4, 0.5) is 15.8 Å². The van der Waals surface area contributed by atoms with Gasteiger partial charge in [0.25, 0.3) is 0 Å².